The molecule has 38 heavy (non-hydrogen) atoms. The molecule has 0 fully saturated rings. The van der Waals surface area contributed by atoms with Crippen molar-refractivity contribution in [3.05, 3.63) is 90.0 Å². The average Bonchev–Trinajstić information content (AvgIpc) is 3.47. The smallest absolute Gasteiger partial charge is 0.420 e. The van der Waals surface area contributed by atoms with Crippen LogP contribution in [0.5, 0.6) is 0 Å². The summed E-state index contributed by atoms with van der Waals surface area (Å²) in [6.07, 6.45) is 0.260. The second-order valence-corrected chi connectivity index (χ2v) is 8.01. The Bertz CT molecular complexity index is 1130. The Morgan fingerprint density at radius 2 is 1.50 bits per heavy atom. The van der Waals surface area contributed by atoms with Gasteiger partial charge in [-0.25, -0.2) is 19.4 Å². The van der Waals surface area contributed by atoms with Gasteiger partial charge in [0, 0.05) is 18.3 Å². The highest BCUT2D eigenvalue weighted by Crippen LogP contribution is 2.15. The number of aromatic amines is 1. The van der Waals surface area contributed by atoms with E-state index in [1.54, 1.807) is 60.7 Å². The van der Waals surface area contributed by atoms with E-state index < -0.39 is 42.8 Å². The molecule has 12 heteroatoms. The number of hydrogen-bond acceptors (Lipinski definition) is 9. The molecule has 0 aliphatic heterocycles. The summed E-state index contributed by atoms with van der Waals surface area (Å²) in [7, 11) is 1.09. The van der Waals surface area contributed by atoms with Gasteiger partial charge in [0.1, 0.15) is 19.3 Å². The lowest BCUT2D eigenvalue weighted by molar-refractivity contribution is -0.146. The van der Waals surface area contributed by atoms with Crippen LogP contribution in [-0.4, -0.2) is 69.8 Å². The molecule has 2 atom stereocenters. The van der Waals surface area contributed by atoms with Crippen molar-refractivity contribution in [2.75, 3.05) is 13.7 Å². The maximum absolute atomic E-state index is 13.3. The molecule has 1 heterocycles. The molecule has 2 unspecified atom stereocenters. The number of carbonyl (C=O) groups is 4. The molecular weight excluding hydrogens is 496 g/mol. The van der Waals surface area contributed by atoms with Crippen LogP contribution in [0, 0.1) is 0 Å². The molecule has 0 aliphatic rings. The first kappa shape index (κ1) is 27.9. The molecule has 3 aromatic rings. The number of methoxy groups -OCH3 is 1. The van der Waals surface area contributed by atoms with E-state index in [-0.39, 0.29) is 19.6 Å². The summed E-state index contributed by atoms with van der Waals surface area (Å²) < 4.78 is 15.3. The topological polar surface area (TPSA) is 160 Å². The van der Waals surface area contributed by atoms with Crippen LogP contribution >= 0.6 is 0 Å². The quantitative estimate of drug-likeness (QED) is 0.252. The zero-order valence-corrected chi connectivity index (χ0v) is 20.6. The highest BCUT2D eigenvalue weighted by atomic mass is 16.6. The summed E-state index contributed by atoms with van der Waals surface area (Å²) in [5.41, 5.74) is 1.71. The second-order valence-electron chi connectivity index (χ2n) is 8.01. The van der Waals surface area contributed by atoms with Crippen LogP contribution < -0.4 is 5.32 Å². The number of H-pyrrole nitrogens is 1. The van der Waals surface area contributed by atoms with Crippen molar-refractivity contribution in [3.63, 3.8) is 0 Å². The number of aromatic nitrogens is 2. The number of hydrogen-bond donors (Lipinski definition) is 3. The van der Waals surface area contributed by atoms with Crippen molar-refractivity contribution >= 4 is 24.1 Å². The highest BCUT2D eigenvalue weighted by Gasteiger charge is 2.39. The number of aliphatic hydroxyl groups is 1. The number of imide groups is 1. The van der Waals surface area contributed by atoms with Gasteiger partial charge in [-0.05, 0) is 11.1 Å². The number of benzene rings is 2. The third-order valence-corrected chi connectivity index (χ3v) is 5.37. The molecule has 3 N–H and O–H groups in total. The van der Waals surface area contributed by atoms with Gasteiger partial charge in [0.25, 0.3) is 0 Å². The largest absolute Gasteiger partial charge is 0.467 e. The maximum atomic E-state index is 13.3. The number of carbonyl (C=O) groups excluding carboxylic acids is 4. The molecule has 0 saturated carbocycles. The highest BCUT2D eigenvalue weighted by molar-refractivity contribution is 5.96. The number of imidazole rings is 1. The van der Waals surface area contributed by atoms with Gasteiger partial charge in [-0.3, -0.25) is 4.79 Å². The number of aliphatic hydroxyl groups excluding tert-OH is 1. The summed E-state index contributed by atoms with van der Waals surface area (Å²) >= 11 is 0. The van der Waals surface area contributed by atoms with Gasteiger partial charge in [-0.1, -0.05) is 60.7 Å². The molecule has 1 aromatic heterocycles. The van der Waals surface area contributed by atoms with Crippen LogP contribution in [0.4, 0.5) is 9.59 Å². The van der Waals surface area contributed by atoms with Crippen molar-refractivity contribution in [2.45, 2.75) is 31.7 Å². The van der Waals surface area contributed by atoms with Gasteiger partial charge in [-0.2, -0.15) is 4.90 Å². The van der Waals surface area contributed by atoms with Crippen molar-refractivity contribution in [2.24, 2.45) is 0 Å². The molecule has 0 saturated heterocycles. The number of amides is 3. The van der Waals surface area contributed by atoms with Gasteiger partial charge in [0.05, 0.1) is 20.0 Å². The van der Waals surface area contributed by atoms with E-state index in [9.17, 15) is 24.3 Å². The van der Waals surface area contributed by atoms with Gasteiger partial charge < -0.3 is 29.6 Å². The number of ether oxygens (including phenoxy) is 3. The zero-order chi connectivity index (χ0) is 27.3. The number of nitrogens with zero attached hydrogens (tertiary/aromatic N) is 2. The van der Waals surface area contributed by atoms with E-state index >= 15 is 0 Å². The minimum Gasteiger partial charge on any atom is -0.467 e. The summed E-state index contributed by atoms with van der Waals surface area (Å²) in [6, 6.07) is 14.5. The molecule has 3 amide bonds. The lowest BCUT2D eigenvalue weighted by atomic mass is 10.1. The summed E-state index contributed by atoms with van der Waals surface area (Å²) in [5, 5.41) is 11.9. The fraction of sp³-hybridized carbons (Fsp3) is 0.269. The summed E-state index contributed by atoms with van der Waals surface area (Å²) in [6.45, 7) is -1.13. The Labute approximate surface area is 218 Å². The fourth-order valence-corrected chi connectivity index (χ4v) is 3.40. The Morgan fingerprint density at radius 1 is 0.947 bits per heavy atom. The third kappa shape index (κ3) is 7.90. The van der Waals surface area contributed by atoms with E-state index in [0.29, 0.717) is 21.7 Å². The first-order valence-corrected chi connectivity index (χ1v) is 11.6. The average molecular weight is 525 g/mol. The third-order valence-electron chi connectivity index (χ3n) is 5.37. The maximum Gasteiger partial charge on any atom is 0.420 e. The Hall–Kier alpha value is -4.71. The molecular formula is C26H28N4O8. The molecule has 200 valence electrons. The van der Waals surface area contributed by atoms with Crippen LogP contribution in [0.1, 0.15) is 16.8 Å². The van der Waals surface area contributed by atoms with E-state index in [0.717, 1.165) is 7.11 Å². The predicted molar refractivity (Wildman–Crippen MR) is 132 cm³/mol. The van der Waals surface area contributed by atoms with Gasteiger partial charge in [-0.15, -0.1) is 0 Å². The van der Waals surface area contributed by atoms with Crippen LogP contribution in [-0.2, 0) is 43.4 Å². The van der Waals surface area contributed by atoms with Crippen LogP contribution in [0.25, 0.3) is 0 Å². The molecule has 0 aliphatic carbocycles. The number of nitrogens with one attached hydrogen (secondary N) is 2. The Balaban J connectivity index is 1.89. The normalized spacial score (nSPS) is 12.1. The standard InChI is InChI=1S/C26H28N4O8/c1-36-24(33)21(14-31)29-23(32)22(12-20-13-27-17-28-20)30(25(34)37-15-18-8-4-2-5-9-18)26(35)38-16-19-10-6-3-7-11-19/h2-11,13,17,21-22,31H,12,14-16H2,1H3,(H,27,28)(H,29,32). The summed E-state index contributed by atoms with van der Waals surface area (Å²) in [5.74, 6) is -1.84. The molecule has 3 rings (SSSR count). The monoisotopic (exact) mass is 524 g/mol. The second kappa shape index (κ2) is 14.1. The minimum atomic E-state index is -1.54. The van der Waals surface area contributed by atoms with Crippen molar-refractivity contribution in [3.8, 4) is 0 Å². The van der Waals surface area contributed by atoms with Gasteiger partial charge >= 0.3 is 18.2 Å². The number of esters is 1. The molecule has 0 bridgehead atoms. The summed E-state index contributed by atoms with van der Waals surface area (Å²) in [4.78, 5) is 59.0. The Morgan fingerprint density at radius 3 is 1.95 bits per heavy atom. The minimum absolute atomic E-state index is 0.179. The van der Waals surface area contributed by atoms with Crippen molar-refractivity contribution in [1.29, 1.82) is 0 Å². The predicted octanol–water partition coefficient (Wildman–Crippen LogP) is 1.95. The molecule has 0 spiro atoms. The van der Waals surface area contributed by atoms with Crippen LogP contribution in [0.3, 0.4) is 0 Å². The molecule has 12 nitrogen and oxygen atoms in total. The van der Waals surface area contributed by atoms with E-state index in [1.165, 1.54) is 12.5 Å². The molecule has 0 radical (unpaired) electrons. The number of rotatable bonds is 11. The van der Waals surface area contributed by atoms with Crippen LogP contribution in [0.15, 0.2) is 73.2 Å². The van der Waals surface area contributed by atoms with Crippen molar-refractivity contribution in [1.82, 2.24) is 20.2 Å². The van der Waals surface area contributed by atoms with E-state index in [2.05, 4.69) is 20.0 Å². The van der Waals surface area contributed by atoms with Crippen LogP contribution in [0.2, 0.25) is 0 Å². The zero-order valence-electron chi connectivity index (χ0n) is 20.6. The first-order chi connectivity index (χ1) is 18.4. The molecule has 2 aromatic carbocycles. The lowest BCUT2D eigenvalue weighted by Crippen LogP contribution is -2.57. The fourth-order valence-electron chi connectivity index (χ4n) is 3.40. The van der Waals surface area contributed by atoms with E-state index in [4.69, 9.17) is 9.47 Å². The Kier molecular flexibility index (Phi) is 10.4. The SMILES string of the molecule is COC(=O)C(CO)NC(=O)C(Cc1cnc[nH]1)N(C(=O)OCc1ccccc1)C(=O)OCc1ccccc1. The van der Waals surface area contributed by atoms with Crippen molar-refractivity contribution < 1.29 is 38.5 Å². The van der Waals surface area contributed by atoms with Gasteiger partial charge in [0.15, 0.2) is 6.04 Å². The van der Waals surface area contributed by atoms with E-state index in [1.807, 2.05) is 0 Å². The lowest BCUT2D eigenvalue weighted by Gasteiger charge is -2.28. The van der Waals surface area contributed by atoms with Gasteiger partial charge in [0.2, 0.25) is 5.91 Å². The first-order valence-electron chi connectivity index (χ1n) is 11.6.